The van der Waals surface area contributed by atoms with Crippen molar-refractivity contribution < 1.29 is 14.3 Å². The van der Waals surface area contributed by atoms with Crippen LogP contribution in [0.15, 0.2) is 11.1 Å². The summed E-state index contributed by atoms with van der Waals surface area (Å²) in [7, 11) is 0. The van der Waals surface area contributed by atoms with Crippen LogP contribution in [0.2, 0.25) is 0 Å². The number of carbonyl (C=O) groups is 2. The highest BCUT2D eigenvalue weighted by molar-refractivity contribution is 6.14. The van der Waals surface area contributed by atoms with Crippen LogP contribution in [0.4, 0.5) is 0 Å². The van der Waals surface area contributed by atoms with Crippen LogP contribution in [-0.4, -0.2) is 11.9 Å². The summed E-state index contributed by atoms with van der Waals surface area (Å²) in [6.45, 7) is 1.92. The number of hydrogen-bond acceptors (Lipinski definition) is 3. The average molecular weight is 138 g/mol. The third-order valence-corrected chi connectivity index (χ3v) is 1.98. The van der Waals surface area contributed by atoms with Crippen molar-refractivity contribution in [3.8, 4) is 0 Å². The van der Waals surface area contributed by atoms with Gasteiger partial charge < -0.3 is 4.74 Å². The number of carbonyl (C=O) groups excluding carboxylic acids is 2. The molecule has 0 aromatic carbocycles. The van der Waals surface area contributed by atoms with Gasteiger partial charge in [0.2, 0.25) is 0 Å². The molecule has 2 rings (SSSR count). The quantitative estimate of drug-likeness (QED) is 0.359. The Morgan fingerprint density at radius 3 is 2.50 bits per heavy atom. The molecule has 1 aliphatic carbocycles. The van der Waals surface area contributed by atoms with Gasteiger partial charge in [-0.25, -0.2) is 9.59 Å². The lowest BCUT2D eigenvalue weighted by molar-refractivity contribution is -0.150. The van der Waals surface area contributed by atoms with E-state index in [0.717, 1.165) is 0 Å². The summed E-state index contributed by atoms with van der Waals surface area (Å²) >= 11 is 0. The molecule has 10 heavy (non-hydrogen) atoms. The van der Waals surface area contributed by atoms with Crippen molar-refractivity contribution in [2.75, 3.05) is 0 Å². The Morgan fingerprint density at radius 2 is 2.10 bits per heavy atom. The number of esters is 2. The molecule has 3 nitrogen and oxygen atoms in total. The van der Waals surface area contributed by atoms with Crippen molar-refractivity contribution in [2.24, 2.45) is 5.92 Å². The van der Waals surface area contributed by atoms with Gasteiger partial charge in [-0.05, 0) is 12.3 Å². The summed E-state index contributed by atoms with van der Waals surface area (Å²) in [5.41, 5.74) is 1.20. The normalized spacial score (nSPS) is 29.9. The summed E-state index contributed by atoms with van der Waals surface area (Å²) in [4.78, 5) is 21.4. The fourth-order valence-electron chi connectivity index (χ4n) is 1.40. The van der Waals surface area contributed by atoms with E-state index >= 15 is 0 Å². The van der Waals surface area contributed by atoms with Crippen molar-refractivity contribution >= 4 is 11.9 Å². The minimum Gasteiger partial charge on any atom is -0.386 e. The van der Waals surface area contributed by atoms with E-state index in [-0.39, 0.29) is 5.92 Å². The molecule has 2 aliphatic rings. The summed E-state index contributed by atoms with van der Waals surface area (Å²) in [5, 5.41) is 0. The van der Waals surface area contributed by atoms with Crippen LogP contribution in [0.1, 0.15) is 13.3 Å². The van der Waals surface area contributed by atoms with Gasteiger partial charge in [0.1, 0.15) is 0 Å². The first-order valence-electron chi connectivity index (χ1n) is 3.19. The van der Waals surface area contributed by atoms with Crippen molar-refractivity contribution in [3.63, 3.8) is 0 Å². The predicted octanol–water partition coefficient (Wildman–Crippen LogP) is 0.406. The van der Waals surface area contributed by atoms with Gasteiger partial charge in [-0.15, -0.1) is 0 Å². The molecule has 0 spiro atoms. The van der Waals surface area contributed by atoms with Gasteiger partial charge in [0.15, 0.2) is 0 Å². The molecular weight excluding hydrogens is 132 g/mol. The number of hydrogen-bond donors (Lipinski definition) is 0. The van der Waals surface area contributed by atoms with Gasteiger partial charge in [0.05, 0.1) is 5.57 Å². The van der Waals surface area contributed by atoms with Gasteiger partial charge in [0.25, 0.3) is 0 Å². The molecule has 0 bridgehead atoms. The highest BCUT2D eigenvalue weighted by Crippen LogP contribution is 2.39. The number of ether oxygens (including phenoxy) is 1. The van der Waals surface area contributed by atoms with Crippen LogP contribution in [0.3, 0.4) is 0 Å². The first-order valence-corrected chi connectivity index (χ1v) is 3.19. The summed E-state index contributed by atoms with van der Waals surface area (Å²) in [5.74, 6) is -0.634. The molecule has 1 aliphatic heterocycles. The van der Waals surface area contributed by atoms with Crippen LogP contribution in [0, 0.1) is 5.92 Å². The molecule has 0 radical (unpaired) electrons. The van der Waals surface area contributed by atoms with Gasteiger partial charge >= 0.3 is 11.9 Å². The molecule has 0 N–H and O–H groups in total. The van der Waals surface area contributed by atoms with Gasteiger partial charge in [-0.3, -0.25) is 0 Å². The monoisotopic (exact) mass is 138 g/mol. The maximum atomic E-state index is 10.8. The van der Waals surface area contributed by atoms with Crippen LogP contribution < -0.4 is 0 Å². The second kappa shape index (κ2) is 1.48. The molecule has 0 saturated heterocycles. The lowest BCUT2D eigenvalue weighted by Crippen LogP contribution is -2.17. The van der Waals surface area contributed by atoms with Crippen molar-refractivity contribution in [2.45, 2.75) is 13.3 Å². The van der Waals surface area contributed by atoms with E-state index in [1.165, 1.54) is 0 Å². The zero-order chi connectivity index (χ0) is 7.30. The Labute approximate surface area is 57.7 Å². The summed E-state index contributed by atoms with van der Waals surface area (Å²) in [6, 6.07) is 0. The summed E-state index contributed by atoms with van der Waals surface area (Å²) < 4.78 is 4.37. The van der Waals surface area contributed by atoms with E-state index in [1.54, 1.807) is 0 Å². The Kier molecular flexibility index (Phi) is 0.836. The highest BCUT2D eigenvalue weighted by atomic mass is 16.6. The molecule has 0 aromatic heterocycles. The van der Waals surface area contributed by atoms with Crippen LogP contribution in [0.25, 0.3) is 0 Å². The molecule has 3 heteroatoms. The highest BCUT2D eigenvalue weighted by Gasteiger charge is 2.43. The zero-order valence-electron chi connectivity index (χ0n) is 5.51. The minimum atomic E-state index is -0.432. The smallest absolute Gasteiger partial charge is 0.342 e. The largest absolute Gasteiger partial charge is 0.386 e. The molecule has 0 aromatic rings. The van der Waals surface area contributed by atoms with E-state index in [2.05, 4.69) is 4.74 Å². The van der Waals surface area contributed by atoms with Crippen molar-refractivity contribution in [3.05, 3.63) is 11.1 Å². The fourth-order valence-corrected chi connectivity index (χ4v) is 1.40. The Bertz CT molecular complexity index is 262. The lowest BCUT2D eigenvalue weighted by Gasteiger charge is -2.18. The molecule has 1 atom stereocenters. The van der Waals surface area contributed by atoms with Crippen LogP contribution in [-0.2, 0) is 14.3 Å². The Hall–Kier alpha value is -1.12. The third kappa shape index (κ3) is 0.454. The minimum absolute atomic E-state index is 0.231. The third-order valence-electron chi connectivity index (χ3n) is 1.98. The summed E-state index contributed by atoms with van der Waals surface area (Å²) in [6.07, 6.45) is 0.708. The van der Waals surface area contributed by atoms with E-state index < -0.39 is 11.9 Å². The zero-order valence-corrected chi connectivity index (χ0v) is 5.51. The van der Waals surface area contributed by atoms with Crippen LogP contribution >= 0.6 is 0 Å². The topological polar surface area (TPSA) is 43.4 Å². The van der Waals surface area contributed by atoms with E-state index in [9.17, 15) is 9.59 Å². The van der Waals surface area contributed by atoms with E-state index in [1.807, 2.05) is 6.92 Å². The molecule has 1 heterocycles. The number of rotatable bonds is 0. The van der Waals surface area contributed by atoms with Gasteiger partial charge in [0, 0.05) is 5.57 Å². The molecule has 0 saturated carbocycles. The second-order valence-electron chi connectivity index (χ2n) is 2.67. The Morgan fingerprint density at radius 1 is 1.40 bits per heavy atom. The van der Waals surface area contributed by atoms with E-state index in [0.29, 0.717) is 17.6 Å². The molecular formula is C7H6O3. The molecule has 52 valence electrons. The standard InChI is InChI=1S/C7H6O3/c1-3-2-4-5(3)7(9)10-6(4)8/h3H,2H2,1H3. The van der Waals surface area contributed by atoms with Crippen LogP contribution in [0.5, 0.6) is 0 Å². The Balaban J connectivity index is 2.45. The maximum absolute atomic E-state index is 10.8. The van der Waals surface area contributed by atoms with Gasteiger partial charge in [-0.2, -0.15) is 0 Å². The second-order valence-corrected chi connectivity index (χ2v) is 2.67. The van der Waals surface area contributed by atoms with E-state index in [4.69, 9.17) is 0 Å². The van der Waals surface area contributed by atoms with Crippen molar-refractivity contribution in [1.29, 1.82) is 0 Å². The van der Waals surface area contributed by atoms with Crippen molar-refractivity contribution in [1.82, 2.24) is 0 Å². The first kappa shape index (κ1) is 5.65. The molecule has 0 amide bonds. The fraction of sp³-hybridized carbons (Fsp3) is 0.429. The maximum Gasteiger partial charge on any atom is 0.342 e. The molecule has 1 unspecified atom stereocenters. The van der Waals surface area contributed by atoms with Gasteiger partial charge in [-0.1, -0.05) is 6.92 Å². The lowest BCUT2D eigenvalue weighted by atomic mass is 9.80. The SMILES string of the molecule is CC1CC2=C1C(=O)OC2=O. The predicted molar refractivity (Wildman–Crippen MR) is 31.9 cm³/mol. The molecule has 0 fully saturated rings. The first-order chi connectivity index (χ1) is 4.70. The number of cyclic esters (lactones) is 2. The average Bonchev–Trinajstić information content (AvgIpc) is 2.01.